The maximum Gasteiger partial charge on any atom is 0.117 e. The van der Waals surface area contributed by atoms with E-state index in [1.807, 2.05) is 18.2 Å². The third-order valence-corrected chi connectivity index (χ3v) is 3.76. The predicted octanol–water partition coefficient (Wildman–Crippen LogP) is 4.05. The first-order valence-corrected chi connectivity index (χ1v) is 6.98. The fourth-order valence-corrected chi connectivity index (χ4v) is 2.78. The van der Waals surface area contributed by atoms with Crippen molar-refractivity contribution in [1.29, 1.82) is 0 Å². The van der Waals surface area contributed by atoms with Crippen LogP contribution in [-0.2, 0) is 0 Å². The highest BCUT2D eigenvalue weighted by Gasteiger charge is 2.15. The minimum atomic E-state index is 0.347. The van der Waals surface area contributed by atoms with E-state index in [9.17, 15) is 5.11 Å². The zero-order chi connectivity index (χ0) is 13.1. The van der Waals surface area contributed by atoms with Crippen molar-refractivity contribution in [3.05, 3.63) is 48.5 Å². The van der Waals surface area contributed by atoms with Crippen LogP contribution in [-0.4, -0.2) is 18.2 Å². The Bertz CT molecular complexity index is 544. The Morgan fingerprint density at radius 2 is 1.58 bits per heavy atom. The summed E-state index contributed by atoms with van der Waals surface area (Å²) in [7, 11) is 0. The van der Waals surface area contributed by atoms with Gasteiger partial charge < -0.3 is 10.0 Å². The molecular weight excluding hydrogens is 234 g/mol. The zero-order valence-corrected chi connectivity index (χ0v) is 11.0. The SMILES string of the molecule is Oc1ccc(-c2ccccc2)c(N2CCCCC2)c1. The number of phenolic OH excluding ortho intramolecular Hbond substituents is 1. The molecule has 1 aliphatic rings. The highest BCUT2D eigenvalue weighted by molar-refractivity contribution is 5.79. The van der Waals surface area contributed by atoms with Gasteiger partial charge in [-0.1, -0.05) is 30.3 Å². The molecule has 2 aromatic carbocycles. The van der Waals surface area contributed by atoms with Gasteiger partial charge in [0.1, 0.15) is 5.75 Å². The molecule has 0 spiro atoms. The summed E-state index contributed by atoms with van der Waals surface area (Å²) in [5.41, 5.74) is 3.58. The molecule has 0 aromatic heterocycles. The molecule has 0 amide bonds. The van der Waals surface area contributed by atoms with Gasteiger partial charge >= 0.3 is 0 Å². The second-order valence-corrected chi connectivity index (χ2v) is 5.12. The van der Waals surface area contributed by atoms with E-state index in [1.54, 1.807) is 6.07 Å². The summed E-state index contributed by atoms with van der Waals surface area (Å²) in [6.45, 7) is 2.17. The minimum Gasteiger partial charge on any atom is -0.508 e. The maximum absolute atomic E-state index is 9.79. The third-order valence-electron chi connectivity index (χ3n) is 3.76. The Morgan fingerprint density at radius 3 is 2.32 bits per heavy atom. The Hall–Kier alpha value is -1.96. The maximum atomic E-state index is 9.79. The molecule has 2 heteroatoms. The number of hydrogen-bond donors (Lipinski definition) is 1. The van der Waals surface area contributed by atoms with Crippen LogP contribution in [0, 0.1) is 0 Å². The summed E-state index contributed by atoms with van der Waals surface area (Å²) in [4.78, 5) is 2.39. The first kappa shape index (κ1) is 12.1. The standard InChI is InChI=1S/C17H19NO/c19-15-9-10-16(14-7-3-1-4-8-14)17(13-15)18-11-5-2-6-12-18/h1,3-4,7-10,13,19H,2,5-6,11-12H2. The van der Waals surface area contributed by atoms with Crippen LogP contribution >= 0.6 is 0 Å². The number of aromatic hydroxyl groups is 1. The lowest BCUT2D eigenvalue weighted by molar-refractivity contribution is 0.474. The van der Waals surface area contributed by atoms with Gasteiger partial charge in [-0.3, -0.25) is 0 Å². The molecule has 3 rings (SSSR count). The molecule has 19 heavy (non-hydrogen) atoms. The van der Waals surface area contributed by atoms with Crippen molar-refractivity contribution in [3.63, 3.8) is 0 Å². The van der Waals surface area contributed by atoms with Gasteiger partial charge in [0, 0.05) is 30.4 Å². The lowest BCUT2D eigenvalue weighted by Crippen LogP contribution is -2.29. The third kappa shape index (κ3) is 2.58. The van der Waals surface area contributed by atoms with E-state index in [1.165, 1.54) is 30.4 Å². The number of hydrogen-bond acceptors (Lipinski definition) is 2. The number of rotatable bonds is 2. The summed E-state index contributed by atoms with van der Waals surface area (Å²) in [6.07, 6.45) is 3.80. The van der Waals surface area contributed by atoms with Crippen molar-refractivity contribution in [1.82, 2.24) is 0 Å². The lowest BCUT2D eigenvalue weighted by atomic mass is 10.0. The first-order valence-electron chi connectivity index (χ1n) is 6.98. The number of benzene rings is 2. The zero-order valence-electron chi connectivity index (χ0n) is 11.0. The van der Waals surface area contributed by atoms with Gasteiger partial charge in [-0.2, -0.15) is 0 Å². The van der Waals surface area contributed by atoms with Crippen molar-refractivity contribution in [2.75, 3.05) is 18.0 Å². The highest BCUT2D eigenvalue weighted by Crippen LogP contribution is 2.35. The van der Waals surface area contributed by atoms with Crippen LogP contribution < -0.4 is 4.90 Å². The Labute approximate surface area is 114 Å². The van der Waals surface area contributed by atoms with Crippen LogP contribution in [0.5, 0.6) is 5.75 Å². The van der Waals surface area contributed by atoms with Crippen molar-refractivity contribution in [2.45, 2.75) is 19.3 Å². The van der Waals surface area contributed by atoms with E-state index in [-0.39, 0.29) is 0 Å². The monoisotopic (exact) mass is 253 g/mol. The number of phenols is 1. The molecule has 0 aliphatic carbocycles. The van der Waals surface area contributed by atoms with Crippen LogP contribution in [0.1, 0.15) is 19.3 Å². The molecule has 1 saturated heterocycles. The fraction of sp³-hybridized carbons (Fsp3) is 0.294. The molecule has 2 aromatic rings. The van der Waals surface area contributed by atoms with Crippen LogP contribution in [0.3, 0.4) is 0 Å². The number of anilines is 1. The van der Waals surface area contributed by atoms with Crippen molar-refractivity contribution < 1.29 is 5.11 Å². The minimum absolute atomic E-state index is 0.347. The predicted molar refractivity (Wildman–Crippen MR) is 79.6 cm³/mol. The van der Waals surface area contributed by atoms with Gasteiger partial charge in [-0.15, -0.1) is 0 Å². The lowest BCUT2D eigenvalue weighted by Gasteiger charge is -2.30. The van der Waals surface area contributed by atoms with Crippen LogP contribution in [0.2, 0.25) is 0 Å². The van der Waals surface area contributed by atoms with Crippen LogP contribution in [0.4, 0.5) is 5.69 Å². The smallest absolute Gasteiger partial charge is 0.117 e. The van der Waals surface area contributed by atoms with Gasteiger partial charge in [-0.05, 0) is 37.0 Å². The summed E-state index contributed by atoms with van der Waals surface area (Å²) in [5, 5.41) is 9.79. The molecule has 0 unspecified atom stereocenters. The van der Waals surface area contributed by atoms with E-state index in [4.69, 9.17) is 0 Å². The second kappa shape index (κ2) is 5.35. The average molecular weight is 253 g/mol. The average Bonchev–Trinajstić information content (AvgIpc) is 2.49. The summed E-state index contributed by atoms with van der Waals surface area (Å²) in [6, 6.07) is 16.1. The Balaban J connectivity index is 2.04. The van der Waals surface area contributed by atoms with E-state index >= 15 is 0 Å². The van der Waals surface area contributed by atoms with Crippen molar-refractivity contribution in [2.24, 2.45) is 0 Å². The molecule has 1 heterocycles. The molecule has 1 fully saturated rings. The second-order valence-electron chi connectivity index (χ2n) is 5.12. The van der Waals surface area contributed by atoms with Crippen molar-refractivity contribution >= 4 is 5.69 Å². The van der Waals surface area contributed by atoms with Gasteiger partial charge in [0.05, 0.1) is 0 Å². The van der Waals surface area contributed by atoms with E-state index in [2.05, 4.69) is 29.2 Å². The summed E-state index contributed by atoms with van der Waals surface area (Å²) < 4.78 is 0. The Kier molecular flexibility index (Phi) is 3.41. The quantitative estimate of drug-likeness (QED) is 0.872. The molecule has 98 valence electrons. The molecule has 0 saturated carbocycles. The van der Waals surface area contributed by atoms with Crippen molar-refractivity contribution in [3.8, 4) is 16.9 Å². The highest BCUT2D eigenvalue weighted by atomic mass is 16.3. The van der Waals surface area contributed by atoms with Gasteiger partial charge in [0.15, 0.2) is 0 Å². The van der Waals surface area contributed by atoms with E-state index in [0.29, 0.717) is 5.75 Å². The molecule has 1 N–H and O–H groups in total. The number of piperidine rings is 1. The molecule has 0 atom stereocenters. The molecule has 0 radical (unpaired) electrons. The van der Waals surface area contributed by atoms with E-state index < -0.39 is 0 Å². The molecule has 0 bridgehead atoms. The largest absolute Gasteiger partial charge is 0.508 e. The molecular formula is C17H19NO. The van der Waals surface area contributed by atoms with Gasteiger partial charge in [0.2, 0.25) is 0 Å². The normalized spacial score (nSPS) is 15.5. The molecule has 1 aliphatic heterocycles. The first-order chi connectivity index (χ1) is 9.34. The van der Waals surface area contributed by atoms with Crippen LogP contribution in [0.15, 0.2) is 48.5 Å². The topological polar surface area (TPSA) is 23.5 Å². The van der Waals surface area contributed by atoms with Gasteiger partial charge in [-0.25, -0.2) is 0 Å². The fourth-order valence-electron chi connectivity index (χ4n) is 2.78. The van der Waals surface area contributed by atoms with E-state index in [0.717, 1.165) is 18.8 Å². The van der Waals surface area contributed by atoms with Crippen LogP contribution in [0.25, 0.3) is 11.1 Å². The number of nitrogens with zero attached hydrogens (tertiary/aromatic N) is 1. The van der Waals surface area contributed by atoms with Gasteiger partial charge in [0.25, 0.3) is 0 Å². The summed E-state index contributed by atoms with van der Waals surface area (Å²) >= 11 is 0. The Morgan fingerprint density at radius 1 is 0.842 bits per heavy atom. The molecule has 2 nitrogen and oxygen atoms in total. The summed E-state index contributed by atoms with van der Waals surface area (Å²) in [5.74, 6) is 0.347.